The molecule has 0 saturated carbocycles. The third-order valence-electron chi connectivity index (χ3n) is 5.10. The van der Waals surface area contributed by atoms with Crippen molar-refractivity contribution in [2.24, 2.45) is 16.9 Å². The van der Waals surface area contributed by atoms with Crippen molar-refractivity contribution in [1.29, 1.82) is 0 Å². The predicted molar refractivity (Wildman–Crippen MR) is 120 cm³/mol. The SMILES string of the molecule is C=C(C)N(/N=C\C)/C(=C\C(C)C)C1CN(C(=O)c2ccc(OC)c(C)c2)CC(F)(F)C1. The van der Waals surface area contributed by atoms with Crippen LogP contribution in [0.5, 0.6) is 5.75 Å². The number of nitrogens with zero attached hydrogens (tertiary/aromatic N) is 3. The quantitative estimate of drug-likeness (QED) is 0.422. The minimum absolute atomic E-state index is 0.118. The molecule has 0 bridgehead atoms. The first-order chi connectivity index (χ1) is 14.5. The summed E-state index contributed by atoms with van der Waals surface area (Å²) in [6.45, 7) is 12.9. The van der Waals surface area contributed by atoms with E-state index in [0.29, 0.717) is 22.7 Å². The maximum absolute atomic E-state index is 14.8. The third-order valence-corrected chi connectivity index (χ3v) is 5.10. The molecule has 31 heavy (non-hydrogen) atoms. The number of hydrogen-bond donors (Lipinski definition) is 0. The highest BCUT2D eigenvalue weighted by Crippen LogP contribution is 2.37. The Morgan fingerprint density at radius 2 is 2.10 bits per heavy atom. The van der Waals surface area contributed by atoms with E-state index in [4.69, 9.17) is 4.74 Å². The summed E-state index contributed by atoms with van der Waals surface area (Å²) < 4.78 is 34.8. The maximum atomic E-state index is 14.8. The van der Waals surface area contributed by atoms with Crippen LogP contribution >= 0.6 is 0 Å². The third kappa shape index (κ3) is 6.15. The molecule has 0 radical (unpaired) electrons. The van der Waals surface area contributed by atoms with Gasteiger partial charge in [0.25, 0.3) is 11.8 Å². The van der Waals surface area contributed by atoms with Crippen LogP contribution in [0.2, 0.25) is 0 Å². The van der Waals surface area contributed by atoms with Crippen LogP contribution in [0, 0.1) is 18.8 Å². The average molecular weight is 434 g/mol. The summed E-state index contributed by atoms with van der Waals surface area (Å²) in [4.78, 5) is 14.4. The second-order valence-electron chi connectivity index (χ2n) is 8.38. The molecular weight excluding hydrogens is 400 g/mol. The number of allylic oxidation sites excluding steroid dienone is 2. The lowest BCUT2D eigenvalue weighted by molar-refractivity contribution is -0.0725. The molecule has 1 fully saturated rings. The minimum atomic E-state index is -3.01. The van der Waals surface area contributed by atoms with Gasteiger partial charge in [0.05, 0.1) is 13.7 Å². The van der Waals surface area contributed by atoms with Gasteiger partial charge < -0.3 is 9.64 Å². The number of hydrazone groups is 1. The van der Waals surface area contributed by atoms with Gasteiger partial charge in [0, 0.05) is 42.1 Å². The van der Waals surface area contributed by atoms with Crippen molar-refractivity contribution in [3.05, 3.63) is 53.4 Å². The topological polar surface area (TPSA) is 45.1 Å². The normalized spacial score (nSPS) is 19.1. The molecule has 1 heterocycles. The van der Waals surface area contributed by atoms with E-state index in [9.17, 15) is 13.6 Å². The monoisotopic (exact) mass is 433 g/mol. The Balaban J connectivity index is 2.42. The maximum Gasteiger partial charge on any atom is 0.266 e. The first kappa shape index (κ1) is 24.6. The van der Waals surface area contributed by atoms with E-state index in [2.05, 4.69) is 11.7 Å². The second-order valence-corrected chi connectivity index (χ2v) is 8.38. The van der Waals surface area contributed by atoms with Gasteiger partial charge in [-0.3, -0.25) is 4.79 Å². The average Bonchev–Trinajstić information content (AvgIpc) is 2.68. The number of piperidine rings is 1. The molecule has 1 aromatic rings. The van der Waals surface area contributed by atoms with Crippen LogP contribution in [-0.2, 0) is 0 Å². The Morgan fingerprint density at radius 3 is 2.61 bits per heavy atom. The molecule has 5 nitrogen and oxygen atoms in total. The Kier molecular flexibility index (Phi) is 7.98. The van der Waals surface area contributed by atoms with E-state index in [1.54, 1.807) is 50.4 Å². The van der Waals surface area contributed by atoms with Crippen LogP contribution < -0.4 is 4.74 Å². The molecule has 1 unspecified atom stereocenters. The number of carbonyl (C=O) groups excluding carboxylic acids is 1. The second kappa shape index (κ2) is 10.1. The molecule has 7 heteroatoms. The standard InChI is InChI=1S/C24H33F2N3O2/c1-8-27-29(17(4)5)21(11-16(2)3)20-13-24(25,26)15-28(14-20)23(30)19-9-10-22(31-7)18(6)12-19/h8-12,16,20H,4,13-15H2,1-3,5-7H3/b21-11-,27-8-. The number of carbonyl (C=O) groups is 1. The Bertz CT molecular complexity index is 878. The van der Waals surface area contributed by atoms with Crippen LogP contribution in [-0.4, -0.2) is 48.2 Å². The van der Waals surface area contributed by atoms with Gasteiger partial charge in [-0.2, -0.15) is 5.10 Å². The molecule has 0 aliphatic carbocycles. The molecule has 1 aromatic carbocycles. The molecular formula is C24H33F2N3O2. The van der Waals surface area contributed by atoms with E-state index in [1.807, 2.05) is 26.8 Å². The van der Waals surface area contributed by atoms with Crippen molar-refractivity contribution in [3.63, 3.8) is 0 Å². The Labute approximate surface area is 184 Å². The van der Waals surface area contributed by atoms with Crippen molar-refractivity contribution in [2.75, 3.05) is 20.2 Å². The van der Waals surface area contributed by atoms with Crippen molar-refractivity contribution >= 4 is 12.1 Å². The first-order valence-corrected chi connectivity index (χ1v) is 10.5. The number of methoxy groups -OCH3 is 1. The predicted octanol–water partition coefficient (Wildman–Crippen LogP) is 5.48. The zero-order chi connectivity index (χ0) is 23.3. The van der Waals surface area contributed by atoms with Gasteiger partial charge in [-0.15, -0.1) is 0 Å². The van der Waals surface area contributed by atoms with Gasteiger partial charge in [0.2, 0.25) is 0 Å². The zero-order valence-corrected chi connectivity index (χ0v) is 19.3. The summed E-state index contributed by atoms with van der Waals surface area (Å²) >= 11 is 0. The summed E-state index contributed by atoms with van der Waals surface area (Å²) in [6, 6.07) is 4.97. The highest BCUT2D eigenvalue weighted by Gasteiger charge is 2.44. The summed E-state index contributed by atoms with van der Waals surface area (Å²) in [6.07, 6.45) is 3.18. The lowest BCUT2D eigenvalue weighted by Crippen LogP contribution is -2.51. The molecule has 0 spiro atoms. The van der Waals surface area contributed by atoms with Crippen molar-refractivity contribution in [1.82, 2.24) is 9.91 Å². The van der Waals surface area contributed by atoms with E-state index in [1.165, 1.54) is 4.90 Å². The number of likely N-dealkylation sites (tertiary alicyclic amines) is 1. The van der Waals surface area contributed by atoms with Gasteiger partial charge in [0.1, 0.15) is 5.75 Å². The lowest BCUT2D eigenvalue weighted by atomic mass is 9.89. The molecule has 1 saturated heterocycles. The highest BCUT2D eigenvalue weighted by atomic mass is 19.3. The summed E-state index contributed by atoms with van der Waals surface area (Å²) in [5.41, 5.74) is 2.42. The van der Waals surface area contributed by atoms with Crippen molar-refractivity contribution in [2.45, 2.75) is 47.0 Å². The van der Waals surface area contributed by atoms with Crippen LogP contribution in [0.4, 0.5) is 8.78 Å². The molecule has 0 aromatic heterocycles. The van der Waals surface area contributed by atoms with Gasteiger partial charge in [0.15, 0.2) is 0 Å². The van der Waals surface area contributed by atoms with E-state index >= 15 is 0 Å². The molecule has 1 aliphatic rings. The number of ether oxygens (including phenoxy) is 1. The lowest BCUT2D eigenvalue weighted by Gasteiger charge is -2.40. The fourth-order valence-corrected chi connectivity index (χ4v) is 3.87. The smallest absolute Gasteiger partial charge is 0.266 e. The summed E-state index contributed by atoms with van der Waals surface area (Å²) in [5, 5.41) is 5.94. The largest absolute Gasteiger partial charge is 0.496 e. The first-order valence-electron chi connectivity index (χ1n) is 10.5. The van der Waals surface area contributed by atoms with Crippen LogP contribution in [0.25, 0.3) is 0 Å². The summed E-state index contributed by atoms with van der Waals surface area (Å²) in [5.74, 6) is -3.23. The fourth-order valence-electron chi connectivity index (χ4n) is 3.87. The fraction of sp³-hybridized carbons (Fsp3) is 0.500. The van der Waals surface area contributed by atoms with Crippen molar-refractivity contribution in [3.8, 4) is 5.75 Å². The van der Waals surface area contributed by atoms with E-state index < -0.39 is 24.3 Å². The number of amides is 1. The molecule has 1 atom stereocenters. The number of alkyl halides is 2. The number of benzene rings is 1. The number of halogens is 2. The molecule has 170 valence electrons. The Morgan fingerprint density at radius 1 is 1.42 bits per heavy atom. The zero-order valence-electron chi connectivity index (χ0n) is 19.3. The Hall–Kier alpha value is -2.70. The van der Waals surface area contributed by atoms with E-state index in [-0.39, 0.29) is 18.9 Å². The van der Waals surface area contributed by atoms with E-state index in [0.717, 1.165) is 5.56 Å². The number of hydrogen-bond acceptors (Lipinski definition) is 4. The van der Waals surface area contributed by atoms with Gasteiger partial charge >= 0.3 is 0 Å². The van der Waals surface area contributed by atoms with Gasteiger partial charge in [-0.25, -0.2) is 13.8 Å². The highest BCUT2D eigenvalue weighted by molar-refractivity contribution is 5.94. The van der Waals surface area contributed by atoms with Crippen molar-refractivity contribution < 1.29 is 18.3 Å². The molecule has 2 rings (SSSR count). The molecule has 1 amide bonds. The molecule has 1 aliphatic heterocycles. The van der Waals surface area contributed by atoms with Gasteiger partial charge in [-0.05, 0) is 50.5 Å². The molecule has 0 N–H and O–H groups in total. The summed E-state index contributed by atoms with van der Waals surface area (Å²) in [7, 11) is 1.55. The number of aryl methyl sites for hydroxylation is 1. The number of rotatable bonds is 7. The van der Waals surface area contributed by atoms with Crippen LogP contribution in [0.3, 0.4) is 0 Å². The van der Waals surface area contributed by atoms with Crippen LogP contribution in [0.15, 0.2) is 47.3 Å². The minimum Gasteiger partial charge on any atom is -0.496 e. The van der Waals surface area contributed by atoms with Crippen LogP contribution in [0.1, 0.15) is 50.0 Å². The van der Waals surface area contributed by atoms with Gasteiger partial charge in [-0.1, -0.05) is 26.5 Å².